The molecule has 4 heteroatoms. The van der Waals surface area contributed by atoms with Gasteiger partial charge in [-0.15, -0.1) is 0 Å². The Morgan fingerprint density at radius 1 is 1.53 bits per heavy atom. The lowest BCUT2D eigenvalue weighted by Gasteiger charge is -2.27. The van der Waals surface area contributed by atoms with Gasteiger partial charge in [0.15, 0.2) is 0 Å². The number of carbonyl (C=O) groups is 1. The molecule has 2 N–H and O–H groups in total. The highest BCUT2D eigenvalue weighted by atomic mass is 16.3. The summed E-state index contributed by atoms with van der Waals surface area (Å²) in [5.74, 6) is -0.123. The molecule has 1 unspecified atom stereocenters. The van der Waals surface area contributed by atoms with Crippen molar-refractivity contribution >= 4 is 5.91 Å². The van der Waals surface area contributed by atoms with Gasteiger partial charge < -0.3 is 15.0 Å². The lowest BCUT2D eigenvalue weighted by Crippen LogP contribution is -2.48. The summed E-state index contributed by atoms with van der Waals surface area (Å²) in [5.41, 5.74) is 0.109. The molecule has 0 fully saturated rings. The predicted octanol–water partition coefficient (Wildman–Crippen LogP) is 1.79. The van der Waals surface area contributed by atoms with Crippen molar-refractivity contribution in [1.29, 1.82) is 0 Å². The number of rotatable bonds is 6. The van der Waals surface area contributed by atoms with Crippen LogP contribution in [0, 0.1) is 0 Å². The van der Waals surface area contributed by atoms with Crippen molar-refractivity contribution in [2.75, 3.05) is 6.61 Å². The van der Waals surface area contributed by atoms with Gasteiger partial charge in [0.05, 0.1) is 12.1 Å². The summed E-state index contributed by atoms with van der Waals surface area (Å²) >= 11 is 0. The maximum absolute atomic E-state index is 12.1. The van der Waals surface area contributed by atoms with E-state index in [-0.39, 0.29) is 12.5 Å². The lowest BCUT2D eigenvalue weighted by molar-refractivity contribution is 0.0838. The van der Waals surface area contributed by atoms with Crippen LogP contribution in [0.1, 0.15) is 44.1 Å². The summed E-state index contributed by atoms with van der Waals surface area (Å²) in [5, 5.41) is 12.2. The second-order valence-corrected chi connectivity index (χ2v) is 4.61. The number of aliphatic hydroxyl groups excluding tert-OH is 1. The van der Waals surface area contributed by atoms with Gasteiger partial charge in [-0.25, -0.2) is 0 Å². The maximum Gasteiger partial charge on any atom is 0.268 e. The number of hydrogen-bond donors (Lipinski definition) is 2. The predicted molar refractivity (Wildman–Crippen MR) is 68.0 cm³/mol. The maximum atomic E-state index is 12.1. The molecule has 96 valence electrons. The van der Waals surface area contributed by atoms with Gasteiger partial charge in [0, 0.05) is 12.7 Å². The number of amides is 1. The molecule has 0 bridgehead atoms. The second-order valence-electron chi connectivity index (χ2n) is 4.61. The zero-order chi connectivity index (χ0) is 12.9. The smallest absolute Gasteiger partial charge is 0.268 e. The van der Waals surface area contributed by atoms with E-state index >= 15 is 0 Å². The molecule has 17 heavy (non-hydrogen) atoms. The Balaban J connectivity index is 2.79. The van der Waals surface area contributed by atoms with Crippen molar-refractivity contribution in [2.45, 2.75) is 45.7 Å². The monoisotopic (exact) mass is 238 g/mol. The first-order valence-electron chi connectivity index (χ1n) is 6.15. The van der Waals surface area contributed by atoms with Crippen molar-refractivity contribution in [2.24, 2.45) is 0 Å². The van der Waals surface area contributed by atoms with E-state index in [9.17, 15) is 9.90 Å². The van der Waals surface area contributed by atoms with Crippen molar-refractivity contribution in [3.05, 3.63) is 24.0 Å². The SMILES string of the molecule is CCCn1cccc1C(=O)NC(C)(CC)CO. The molecule has 1 atom stereocenters. The Morgan fingerprint density at radius 2 is 2.24 bits per heavy atom. The highest BCUT2D eigenvalue weighted by molar-refractivity contribution is 5.93. The van der Waals surface area contributed by atoms with Crippen LogP contribution in [0.5, 0.6) is 0 Å². The quantitative estimate of drug-likeness (QED) is 0.794. The van der Waals surface area contributed by atoms with Crippen LogP contribution in [0.25, 0.3) is 0 Å². The third-order valence-corrected chi connectivity index (χ3v) is 3.07. The van der Waals surface area contributed by atoms with Crippen LogP contribution < -0.4 is 5.32 Å². The van der Waals surface area contributed by atoms with E-state index in [0.29, 0.717) is 12.1 Å². The molecule has 0 aliphatic rings. The first kappa shape index (κ1) is 13.8. The summed E-state index contributed by atoms with van der Waals surface area (Å²) in [6, 6.07) is 3.67. The minimum absolute atomic E-state index is 0.0519. The summed E-state index contributed by atoms with van der Waals surface area (Å²) in [6.45, 7) is 6.65. The van der Waals surface area contributed by atoms with Gasteiger partial charge in [0.2, 0.25) is 0 Å². The molecule has 0 saturated carbocycles. The second kappa shape index (κ2) is 5.87. The summed E-state index contributed by atoms with van der Waals surface area (Å²) < 4.78 is 1.93. The molecule has 4 nitrogen and oxygen atoms in total. The molecule has 0 spiro atoms. The van der Waals surface area contributed by atoms with Gasteiger partial charge in [-0.2, -0.15) is 0 Å². The van der Waals surface area contributed by atoms with Gasteiger partial charge in [0.25, 0.3) is 5.91 Å². The van der Waals surface area contributed by atoms with Gasteiger partial charge in [-0.3, -0.25) is 4.79 Å². The fraction of sp³-hybridized carbons (Fsp3) is 0.615. The highest BCUT2D eigenvalue weighted by Gasteiger charge is 2.24. The Bertz CT molecular complexity index is 367. The molecular formula is C13H22N2O2. The minimum Gasteiger partial charge on any atom is -0.394 e. The number of carbonyl (C=O) groups excluding carboxylic acids is 1. The lowest BCUT2D eigenvalue weighted by atomic mass is 10.00. The number of aryl methyl sites for hydroxylation is 1. The molecular weight excluding hydrogens is 216 g/mol. The van der Waals surface area contributed by atoms with Crippen LogP contribution in [0.3, 0.4) is 0 Å². The fourth-order valence-corrected chi connectivity index (χ4v) is 1.63. The van der Waals surface area contributed by atoms with E-state index in [1.807, 2.05) is 30.7 Å². The van der Waals surface area contributed by atoms with E-state index in [1.165, 1.54) is 0 Å². The molecule has 1 aromatic rings. The fourth-order valence-electron chi connectivity index (χ4n) is 1.63. The first-order chi connectivity index (χ1) is 8.06. The summed E-state index contributed by atoms with van der Waals surface area (Å²) in [6.07, 6.45) is 3.59. The zero-order valence-corrected chi connectivity index (χ0v) is 10.9. The van der Waals surface area contributed by atoms with Crippen LogP contribution in [0.2, 0.25) is 0 Å². The van der Waals surface area contributed by atoms with E-state index in [0.717, 1.165) is 13.0 Å². The molecule has 0 radical (unpaired) electrons. The average molecular weight is 238 g/mol. The topological polar surface area (TPSA) is 54.3 Å². The molecule has 1 heterocycles. The number of nitrogens with zero attached hydrogens (tertiary/aromatic N) is 1. The number of hydrogen-bond acceptors (Lipinski definition) is 2. The Morgan fingerprint density at radius 3 is 2.76 bits per heavy atom. The Kier molecular flexibility index (Phi) is 4.75. The minimum atomic E-state index is -0.543. The highest BCUT2D eigenvalue weighted by Crippen LogP contribution is 2.11. The average Bonchev–Trinajstić information content (AvgIpc) is 2.77. The standard InChI is InChI=1S/C13H22N2O2/c1-4-8-15-9-6-7-11(15)12(17)14-13(3,5-2)10-16/h6-7,9,16H,4-5,8,10H2,1-3H3,(H,14,17). The normalized spacial score (nSPS) is 14.4. The van der Waals surface area contributed by atoms with Crippen molar-refractivity contribution in [3.63, 3.8) is 0 Å². The molecule has 1 rings (SSSR count). The van der Waals surface area contributed by atoms with Crippen LogP contribution in [-0.2, 0) is 6.54 Å². The van der Waals surface area contributed by atoms with Crippen LogP contribution in [-0.4, -0.2) is 27.7 Å². The number of nitrogens with one attached hydrogen (secondary N) is 1. The van der Waals surface area contributed by atoms with Crippen LogP contribution in [0.4, 0.5) is 0 Å². The molecule has 0 aliphatic heterocycles. The van der Waals surface area contributed by atoms with Gasteiger partial charge in [0.1, 0.15) is 5.69 Å². The van der Waals surface area contributed by atoms with Gasteiger partial charge in [-0.1, -0.05) is 13.8 Å². The molecule has 1 aromatic heterocycles. The van der Waals surface area contributed by atoms with Gasteiger partial charge in [-0.05, 0) is 31.9 Å². The Labute approximate surface area is 103 Å². The van der Waals surface area contributed by atoms with Crippen LogP contribution in [0.15, 0.2) is 18.3 Å². The van der Waals surface area contributed by atoms with Gasteiger partial charge >= 0.3 is 0 Å². The third-order valence-electron chi connectivity index (χ3n) is 3.07. The largest absolute Gasteiger partial charge is 0.394 e. The van der Waals surface area contributed by atoms with Crippen molar-refractivity contribution in [1.82, 2.24) is 9.88 Å². The summed E-state index contributed by atoms with van der Waals surface area (Å²) in [4.78, 5) is 12.1. The number of aliphatic hydroxyl groups is 1. The molecule has 0 aliphatic carbocycles. The summed E-state index contributed by atoms with van der Waals surface area (Å²) in [7, 11) is 0. The number of aromatic nitrogens is 1. The van der Waals surface area contributed by atoms with Crippen LogP contribution >= 0.6 is 0 Å². The Hall–Kier alpha value is -1.29. The third kappa shape index (κ3) is 3.33. The van der Waals surface area contributed by atoms with Crippen molar-refractivity contribution < 1.29 is 9.90 Å². The van der Waals surface area contributed by atoms with E-state index in [1.54, 1.807) is 6.07 Å². The molecule has 0 aromatic carbocycles. The molecule has 0 saturated heterocycles. The van der Waals surface area contributed by atoms with E-state index < -0.39 is 5.54 Å². The van der Waals surface area contributed by atoms with E-state index in [2.05, 4.69) is 12.2 Å². The first-order valence-corrected chi connectivity index (χ1v) is 6.15. The zero-order valence-electron chi connectivity index (χ0n) is 10.9. The molecule has 1 amide bonds. The van der Waals surface area contributed by atoms with Crippen molar-refractivity contribution in [3.8, 4) is 0 Å². The van der Waals surface area contributed by atoms with E-state index in [4.69, 9.17) is 0 Å².